The summed E-state index contributed by atoms with van der Waals surface area (Å²) in [5, 5.41) is 18.5. The summed E-state index contributed by atoms with van der Waals surface area (Å²) in [6, 6.07) is -1.37. The van der Waals surface area contributed by atoms with Gasteiger partial charge in [0, 0.05) is 6.54 Å². The first kappa shape index (κ1) is 15.2. The highest BCUT2D eigenvalue weighted by Gasteiger charge is 2.23. The van der Waals surface area contributed by atoms with Crippen LogP contribution in [0.1, 0.15) is 18.9 Å². The van der Waals surface area contributed by atoms with Crippen LogP contribution in [0.3, 0.4) is 0 Å². The lowest BCUT2D eigenvalue weighted by Crippen LogP contribution is -2.43. The Morgan fingerprint density at radius 1 is 1.55 bits per heavy atom. The Morgan fingerprint density at radius 3 is 2.70 bits per heavy atom. The number of carbonyl (C=O) groups is 1. The third kappa shape index (κ3) is 3.83. The predicted molar refractivity (Wildman–Crippen MR) is 69.4 cm³/mol. The van der Waals surface area contributed by atoms with Crippen molar-refractivity contribution in [3.63, 3.8) is 0 Å². The number of H-pyrrole nitrogens is 1. The Balaban J connectivity index is 2.93. The second-order valence-corrected chi connectivity index (χ2v) is 3.92. The maximum atomic E-state index is 11.6. The molecule has 1 rings (SSSR count). The summed E-state index contributed by atoms with van der Waals surface area (Å²) in [5.41, 5.74) is 8.29. The molecule has 1 heterocycles. The average Bonchev–Trinajstić information content (AvgIpc) is 2.30. The highest BCUT2D eigenvalue weighted by Crippen LogP contribution is 2.09. The normalized spacial score (nSPS) is 11.8. The van der Waals surface area contributed by atoms with E-state index in [4.69, 9.17) is 22.0 Å². The van der Waals surface area contributed by atoms with Crippen LogP contribution in [0.2, 0.25) is 0 Å². The fraction of sp³-hybridized carbons (Fsp3) is 0.444. The van der Waals surface area contributed by atoms with Gasteiger partial charge in [-0.2, -0.15) is 4.98 Å². The summed E-state index contributed by atoms with van der Waals surface area (Å²) in [4.78, 5) is 39.7. The van der Waals surface area contributed by atoms with Crippen molar-refractivity contribution in [1.82, 2.24) is 19.9 Å². The van der Waals surface area contributed by atoms with Crippen molar-refractivity contribution in [2.24, 2.45) is 5.73 Å². The molecule has 0 aliphatic carbocycles. The topological polar surface area (TPSA) is 193 Å². The van der Waals surface area contributed by atoms with E-state index in [2.05, 4.69) is 15.3 Å². The molecule has 0 saturated heterocycles. The number of aromatic amines is 1. The second kappa shape index (κ2) is 6.36. The number of aliphatic carboxylic acids is 1. The fourth-order valence-corrected chi connectivity index (χ4v) is 1.60. The van der Waals surface area contributed by atoms with Crippen LogP contribution in [0.15, 0.2) is 9.59 Å². The number of rotatable bonds is 6. The maximum Gasteiger partial charge on any atom is 0.355 e. The summed E-state index contributed by atoms with van der Waals surface area (Å²) < 4.78 is 0.493. The van der Waals surface area contributed by atoms with Gasteiger partial charge in [0.05, 0.1) is 0 Å². The van der Waals surface area contributed by atoms with Gasteiger partial charge >= 0.3 is 17.3 Å². The van der Waals surface area contributed by atoms with E-state index < -0.39 is 23.4 Å². The molecule has 20 heavy (non-hydrogen) atoms. The first-order valence-corrected chi connectivity index (χ1v) is 5.62. The number of carboxylic acids is 1. The third-order valence-electron chi connectivity index (χ3n) is 2.44. The van der Waals surface area contributed by atoms with Crippen LogP contribution in [0.4, 0.5) is 5.95 Å². The number of anilines is 1. The van der Waals surface area contributed by atoms with Crippen molar-refractivity contribution in [2.45, 2.75) is 18.9 Å². The molecule has 1 aromatic heterocycles. The van der Waals surface area contributed by atoms with E-state index in [-0.39, 0.29) is 31.3 Å². The highest BCUT2D eigenvalue weighted by atomic mass is 16.4. The zero-order chi connectivity index (χ0) is 15.3. The van der Waals surface area contributed by atoms with Crippen LogP contribution in [-0.2, 0) is 4.79 Å². The molecular weight excluding hydrogens is 270 g/mol. The van der Waals surface area contributed by atoms with Crippen molar-refractivity contribution in [2.75, 3.05) is 12.3 Å². The van der Waals surface area contributed by atoms with Crippen molar-refractivity contribution in [1.29, 1.82) is 5.41 Å². The maximum absolute atomic E-state index is 11.6. The van der Waals surface area contributed by atoms with Gasteiger partial charge in [-0.3, -0.25) is 10.4 Å². The van der Waals surface area contributed by atoms with Gasteiger partial charge in [0.2, 0.25) is 5.95 Å². The molecule has 0 bridgehead atoms. The smallest absolute Gasteiger partial charge is 0.355 e. The van der Waals surface area contributed by atoms with E-state index in [1.165, 1.54) is 0 Å². The van der Waals surface area contributed by atoms with Crippen LogP contribution in [0.5, 0.6) is 0 Å². The van der Waals surface area contributed by atoms with Gasteiger partial charge in [-0.1, -0.05) is 0 Å². The molecule has 0 aromatic carbocycles. The van der Waals surface area contributed by atoms with Crippen LogP contribution < -0.4 is 28.2 Å². The van der Waals surface area contributed by atoms with Crippen molar-refractivity contribution >= 4 is 17.9 Å². The lowest BCUT2D eigenvalue weighted by molar-refractivity contribution is -0.141. The Morgan fingerprint density at radius 2 is 2.20 bits per heavy atom. The molecule has 11 heteroatoms. The van der Waals surface area contributed by atoms with Crippen LogP contribution in [0.25, 0.3) is 0 Å². The molecule has 11 nitrogen and oxygen atoms in total. The van der Waals surface area contributed by atoms with Gasteiger partial charge in [-0.15, -0.1) is 0 Å². The monoisotopic (exact) mass is 285 g/mol. The summed E-state index contributed by atoms with van der Waals surface area (Å²) in [5.74, 6) is -1.97. The Kier molecular flexibility index (Phi) is 4.83. The number of nitrogen functional groups attached to an aromatic ring is 1. The minimum Gasteiger partial charge on any atom is -0.480 e. The summed E-state index contributed by atoms with van der Waals surface area (Å²) in [6.07, 6.45) is 0.275. The third-order valence-corrected chi connectivity index (χ3v) is 2.44. The number of nitrogens with zero attached hydrogens (tertiary/aromatic N) is 2. The minimum atomic E-state index is -1.37. The van der Waals surface area contributed by atoms with Crippen LogP contribution in [-0.4, -0.2) is 38.1 Å². The van der Waals surface area contributed by atoms with E-state index in [1.54, 1.807) is 0 Å². The van der Waals surface area contributed by atoms with Crippen molar-refractivity contribution < 1.29 is 9.90 Å². The Bertz CT molecular complexity index is 588. The Hall–Kier alpha value is -2.85. The van der Waals surface area contributed by atoms with E-state index in [0.29, 0.717) is 4.57 Å². The molecule has 0 aliphatic rings. The molecule has 0 fully saturated rings. The molecular formula is C9H15N7O4. The standard InChI is InChI=1S/C9H15N7O4/c10-6(11)13-3-1-2-4(5(17)18)16-8(19)14-7(12)15-9(16)20/h4H,1-3H2,(H,17,18)(H4,10,11,13)(H3,12,14,15,19,20)/t4-/m0/s1. The summed E-state index contributed by atoms with van der Waals surface area (Å²) in [6.45, 7) is 0.244. The number of nitrogens with two attached hydrogens (primary N) is 2. The van der Waals surface area contributed by atoms with Gasteiger partial charge in [-0.05, 0) is 12.8 Å². The quantitative estimate of drug-likeness (QED) is 0.186. The van der Waals surface area contributed by atoms with Crippen LogP contribution in [0, 0.1) is 5.41 Å². The van der Waals surface area contributed by atoms with Gasteiger partial charge in [0.1, 0.15) is 6.04 Å². The average molecular weight is 285 g/mol. The zero-order valence-corrected chi connectivity index (χ0v) is 10.4. The van der Waals surface area contributed by atoms with E-state index >= 15 is 0 Å². The lowest BCUT2D eigenvalue weighted by Gasteiger charge is -2.14. The number of carboxylic acid groups (broad SMARTS) is 1. The van der Waals surface area contributed by atoms with Gasteiger partial charge in [0.25, 0.3) is 0 Å². The largest absolute Gasteiger partial charge is 0.480 e. The van der Waals surface area contributed by atoms with Gasteiger partial charge in [-0.25, -0.2) is 19.0 Å². The van der Waals surface area contributed by atoms with E-state index in [1.807, 2.05) is 0 Å². The molecule has 0 amide bonds. The Labute approximate surface area is 112 Å². The first-order chi connectivity index (χ1) is 9.32. The number of aromatic nitrogens is 3. The fourth-order valence-electron chi connectivity index (χ4n) is 1.60. The summed E-state index contributed by atoms with van der Waals surface area (Å²) in [7, 11) is 0. The molecule has 8 N–H and O–H groups in total. The van der Waals surface area contributed by atoms with E-state index in [0.717, 1.165) is 0 Å². The second-order valence-electron chi connectivity index (χ2n) is 3.92. The molecule has 1 aromatic rings. The molecule has 0 spiro atoms. The predicted octanol–water partition coefficient (Wildman–Crippen LogP) is -2.60. The van der Waals surface area contributed by atoms with Gasteiger partial charge < -0.3 is 21.9 Å². The van der Waals surface area contributed by atoms with Crippen molar-refractivity contribution in [3.8, 4) is 0 Å². The highest BCUT2D eigenvalue weighted by molar-refractivity contribution is 5.74. The number of hydrogen-bond acceptors (Lipinski definition) is 6. The SMILES string of the molecule is N=C(N)NCCC[C@@H](C(=O)O)n1c(=O)nc(N)[nH]c1=O. The number of hydrogen-bond donors (Lipinski definition) is 6. The molecule has 1 atom stereocenters. The zero-order valence-electron chi connectivity index (χ0n) is 10.4. The lowest BCUT2D eigenvalue weighted by atomic mass is 10.1. The summed E-state index contributed by atoms with van der Waals surface area (Å²) >= 11 is 0. The number of guanidine groups is 1. The molecule has 110 valence electrons. The molecule has 0 aliphatic heterocycles. The van der Waals surface area contributed by atoms with Crippen LogP contribution >= 0.6 is 0 Å². The molecule has 0 saturated carbocycles. The van der Waals surface area contributed by atoms with E-state index in [9.17, 15) is 14.4 Å². The first-order valence-electron chi connectivity index (χ1n) is 5.62. The molecule has 0 radical (unpaired) electrons. The number of nitrogens with one attached hydrogen (secondary N) is 3. The minimum absolute atomic E-state index is 0.00972. The molecule has 0 unspecified atom stereocenters. The van der Waals surface area contributed by atoms with Crippen molar-refractivity contribution in [3.05, 3.63) is 21.0 Å². The van der Waals surface area contributed by atoms with Gasteiger partial charge in [0.15, 0.2) is 5.96 Å².